The molecule has 0 bridgehead atoms. The van der Waals surface area contributed by atoms with E-state index in [-0.39, 0.29) is 73.5 Å². The zero-order valence-corrected chi connectivity index (χ0v) is 42.4. The van der Waals surface area contributed by atoms with Crippen LogP contribution in [-0.4, -0.2) is 128 Å². The molecule has 1 atom stereocenters. The van der Waals surface area contributed by atoms with Gasteiger partial charge >= 0.3 is 5.97 Å². The summed E-state index contributed by atoms with van der Waals surface area (Å²) in [5.41, 5.74) is 11.8. The number of nitrogens with one attached hydrogen (secondary N) is 5. The van der Waals surface area contributed by atoms with Crippen molar-refractivity contribution in [2.24, 2.45) is 11.5 Å². The fourth-order valence-electron chi connectivity index (χ4n) is 5.01. The summed E-state index contributed by atoms with van der Waals surface area (Å²) in [6.45, 7) is 16.1. The summed E-state index contributed by atoms with van der Waals surface area (Å²) in [5, 5.41) is 14.6. The van der Waals surface area contributed by atoms with Crippen molar-refractivity contribution in [2.75, 3.05) is 46.4 Å². The Balaban J connectivity index is -0.000000739. The number of aromatic nitrogens is 1. The quantitative estimate of drug-likeness (QED) is 0.0464. The van der Waals surface area contributed by atoms with Gasteiger partial charge in [-0.25, -0.2) is 0 Å². The third-order valence-corrected chi connectivity index (χ3v) is 8.20. The molecule has 1 aliphatic heterocycles. The Labute approximate surface area is 388 Å². The second kappa shape index (κ2) is 36.4. The van der Waals surface area contributed by atoms with Crippen LogP contribution in [0.5, 0.6) is 0 Å². The van der Waals surface area contributed by atoms with Gasteiger partial charge in [-0.05, 0) is 83.7 Å². The topological polar surface area (TPSA) is 300 Å². The van der Waals surface area contributed by atoms with E-state index in [0.29, 0.717) is 32.5 Å². The third kappa shape index (κ3) is 37.2. The van der Waals surface area contributed by atoms with Crippen LogP contribution in [0.15, 0.2) is 67.0 Å². The Morgan fingerprint density at radius 2 is 1.48 bits per heavy atom. The second-order valence-electron chi connectivity index (χ2n) is 15.9. The molecule has 67 heavy (non-hydrogen) atoms. The van der Waals surface area contributed by atoms with Crippen LogP contribution in [0.3, 0.4) is 0 Å². The molecule has 1 aromatic heterocycles. The molecule has 20 nitrogen and oxygen atoms in total. The van der Waals surface area contributed by atoms with E-state index in [2.05, 4.69) is 81.0 Å². The van der Waals surface area contributed by atoms with E-state index in [1.165, 1.54) is 35.4 Å². The fraction of sp³-hybridized carbons (Fsp3) is 0.478. The van der Waals surface area contributed by atoms with E-state index in [0.717, 1.165) is 17.7 Å². The maximum atomic E-state index is 11.3. The number of hydrogen-bond acceptors (Lipinski definition) is 12. The third-order valence-electron chi connectivity index (χ3n) is 8.20. The number of aryl methyl sites for hydroxylation is 2. The molecule has 1 aliphatic rings. The first-order valence-corrected chi connectivity index (χ1v) is 21.0. The van der Waals surface area contributed by atoms with Crippen LogP contribution in [0.2, 0.25) is 0 Å². The van der Waals surface area contributed by atoms with Crippen LogP contribution in [0.25, 0.3) is 10.8 Å². The normalized spacial score (nSPS) is 12.0. The maximum absolute atomic E-state index is 11.3. The Hall–Kier alpha value is -7.96. The van der Waals surface area contributed by atoms with Crippen molar-refractivity contribution in [3.05, 3.63) is 78.1 Å². The van der Waals surface area contributed by atoms with Crippen molar-refractivity contribution in [1.82, 2.24) is 36.5 Å². The van der Waals surface area contributed by atoms with Gasteiger partial charge in [-0.2, -0.15) is 6.41 Å². The average molecular weight is 1180 g/mol. The van der Waals surface area contributed by atoms with Crippen molar-refractivity contribution < 1.29 is 52.6 Å². The van der Waals surface area contributed by atoms with Gasteiger partial charge in [0.2, 0.25) is 42.4 Å². The van der Waals surface area contributed by atoms with E-state index in [1.807, 2.05) is 52.9 Å². The summed E-state index contributed by atoms with van der Waals surface area (Å²) in [7, 11) is 1.43. The fourth-order valence-corrected chi connectivity index (χ4v) is 5.01. The first-order chi connectivity index (χ1) is 31.0. The van der Waals surface area contributed by atoms with Gasteiger partial charge in [0.15, 0.2) is 0 Å². The summed E-state index contributed by atoms with van der Waals surface area (Å²) in [5.74, 6) is -2.09. The van der Waals surface area contributed by atoms with E-state index >= 15 is 0 Å². The molecule has 0 aliphatic carbocycles. The second-order valence-corrected chi connectivity index (χ2v) is 15.9. The molecular formula is C46H70FmN9O11-. The number of fused-ring (bicyclic) bond motifs is 1. The molecule has 2 heterocycles. The molecule has 0 radical (unpaired) electrons. The first kappa shape index (κ1) is 63.3. The van der Waals surface area contributed by atoms with Gasteiger partial charge in [0.25, 0.3) is 0 Å². The number of carbonyl (C=O) groups is 8. The standard InChI is InChI=1S/C11H10.C9H15N2O3.C7H13N3O3.C7H14O2.C6H11N3O3.C6H7N.Fm/c1-9-6-7-10-4-2-3-5-11(10)8-9;1-9(2-4-14-5-3-9)11-8(13)6-10-7-12;1-5(2-6(8)12)10-7(13)3-9-4-11;1-5-6(8)9-7(2,3)4;1-9(3-5(7)11)6(12)2-8-4-10;1-6-3-2-4-7-5-6;/h2-8H,1H3;2-6H2,1H3,(H,10,12)(H,11,13);4-5H,2-3H2,1H3,(H2,8,12)(H,9,11)(H,10,13);5H2,1-4H3;4H,2-3H2,1H3,(H2,7,11)(H,8,10);2-5H,1H3;/q;-1;;;;;/t;;5-;;;;/m..1..../s1. The summed E-state index contributed by atoms with van der Waals surface area (Å²) in [4.78, 5) is 98.9. The Morgan fingerprint density at radius 3 is 1.94 bits per heavy atom. The van der Waals surface area contributed by atoms with Crippen LogP contribution < -0.4 is 38.1 Å². The molecule has 1 fully saturated rings. The zero-order valence-electron chi connectivity index (χ0n) is 40.0. The summed E-state index contributed by atoms with van der Waals surface area (Å²) >= 11 is 0. The smallest absolute Gasteiger partial charge is 0.306 e. The number of carbonyl (C=O) groups excluding carboxylic acids is 9. The number of pyridine rings is 1. The molecule has 21 heteroatoms. The molecule has 378 valence electrons. The predicted octanol–water partition coefficient (Wildman–Crippen LogP) is 1.39. The molecule has 0 spiro atoms. The van der Waals surface area contributed by atoms with Crippen molar-refractivity contribution in [3.63, 3.8) is 0 Å². The van der Waals surface area contributed by atoms with Crippen molar-refractivity contribution in [3.8, 4) is 0 Å². The largest absolute Gasteiger partial charge is 0.522 e. The van der Waals surface area contributed by atoms with Gasteiger partial charge in [-0.15, -0.1) is 0 Å². The van der Waals surface area contributed by atoms with Crippen LogP contribution in [0.4, 0.5) is 0 Å². The molecule has 4 rings (SSSR count). The number of benzene rings is 2. The predicted molar refractivity (Wildman–Crippen MR) is 250 cm³/mol. The van der Waals surface area contributed by atoms with Gasteiger partial charge in [0, 0.05) is 57.1 Å². The van der Waals surface area contributed by atoms with Crippen LogP contribution in [0, 0.1) is 13.8 Å². The summed E-state index contributed by atoms with van der Waals surface area (Å²) < 4.78 is 10.1. The van der Waals surface area contributed by atoms with E-state index in [9.17, 15) is 43.2 Å². The number of nitrogens with zero attached hydrogens (tertiary/aromatic N) is 2. The number of amides is 8. The zero-order chi connectivity index (χ0) is 50.6. The van der Waals surface area contributed by atoms with E-state index in [1.54, 1.807) is 20.0 Å². The minimum Gasteiger partial charge on any atom is -0.522 e. The molecule has 2 aromatic carbocycles. The molecule has 0 saturated carbocycles. The molecule has 3 aromatic rings. The summed E-state index contributed by atoms with van der Waals surface area (Å²) in [6.07, 6.45) is 8.07. The van der Waals surface area contributed by atoms with Crippen LogP contribution in [-0.2, 0) is 52.6 Å². The van der Waals surface area contributed by atoms with Gasteiger partial charge in [0.05, 0.1) is 26.2 Å². The van der Waals surface area contributed by atoms with Crippen molar-refractivity contribution in [1.29, 1.82) is 0 Å². The average Bonchev–Trinajstić information content (AvgIpc) is 3.24. The number of nitrogens with two attached hydrogens (primary N) is 2. The Morgan fingerprint density at radius 1 is 0.881 bits per heavy atom. The maximum Gasteiger partial charge on any atom is 0.306 e. The summed E-state index contributed by atoms with van der Waals surface area (Å²) in [6, 6.07) is 18.6. The number of rotatable bonds is 16. The van der Waals surface area contributed by atoms with Gasteiger partial charge < -0.3 is 57.2 Å². The number of hydrogen-bond donors (Lipinski definition) is 7. The molecule has 0 unspecified atom stereocenters. The van der Waals surface area contributed by atoms with Gasteiger partial charge in [-0.1, -0.05) is 61.0 Å². The van der Waals surface area contributed by atoms with E-state index < -0.39 is 11.8 Å². The van der Waals surface area contributed by atoms with E-state index in [4.69, 9.17) is 20.9 Å². The van der Waals surface area contributed by atoms with Crippen molar-refractivity contribution in [2.45, 2.75) is 98.3 Å². The SMILES string of the molecule is CC1(NC(=O)CN[C-]=O)CCOCC1.CCC(=O)OC(C)(C)C.CN(CC(N)=O)C(=O)CNC=O.C[C@H](CC(N)=O)NC(=O)CNC=O.Cc1ccc2ccccc2c1.Cc1cccnc1.[Fm]. The van der Waals surface area contributed by atoms with Crippen molar-refractivity contribution >= 4 is 65.5 Å². The molecule has 9 N–H and O–H groups in total. The number of esters is 1. The molecule has 1 saturated heterocycles. The monoisotopic (exact) mass is 1180 g/mol. The van der Waals surface area contributed by atoms with Crippen LogP contribution in [0.1, 0.15) is 78.4 Å². The number of primary amides is 2. The molecule has 8 amide bonds. The van der Waals surface area contributed by atoms with Gasteiger partial charge in [0.1, 0.15) is 5.60 Å². The van der Waals surface area contributed by atoms with Gasteiger partial charge in [-0.3, -0.25) is 43.3 Å². The minimum absolute atomic E-state index is 0. The van der Waals surface area contributed by atoms with Crippen LogP contribution >= 0.6 is 0 Å². The first-order valence-electron chi connectivity index (χ1n) is 21.0. The number of likely N-dealkylation sites (N-methyl/N-ethyl adjacent to an activating group) is 1. The Kier molecular flexibility index (Phi) is 34.4. The Bertz CT molecular complexity index is 1930. The minimum atomic E-state index is -0.586. The molecular weight excluding hydrogens is 1110 g/mol. The number of ether oxygens (including phenoxy) is 2.